The van der Waals surface area contributed by atoms with Gasteiger partial charge in [0, 0.05) is 4.88 Å². The van der Waals surface area contributed by atoms with Gasteiger partial charge >= 0.3 is 0 Å². The molecule has 0 aliphatic heterocycles. The van der Waals surface area contributed by atoms with Crippen molar-refractivity contribution in [3.05, 3.63) is 57.8 Å². The molecular weight excluding hydrogens is 260 g/mol. The fourth-order valence-electron chi connectivity index (χ4n) is 1.75. The number of hydrogen-bond donors (Lipinski definition) is 2. The zero-order valence-corrected chi connectivity index (χ0v) is 11.3. The predicted octanol–water partition coefficient (Wildman–Crippen LogP) is 2.00. The number of carbonyl (C=O) groups excluding carboxylic acids is 1. The molecule has 0 saturated carbocycles. The second-order valence-electron chi connectivity index (χ2n) is 4.09. The van der Waals surface area contributed by atoms with Crippen LogP contribution in [-0.4, -0.2) is 5.91 Å². The van der Waals surface area contributed by atoms with Gasteiger partial charge in [-0.2, -0.15) is 0 Å². The summed E-state index contributed by atoms with van der Waals surface area (Å²) in [4.78, 5) is 12.5. The summed E-state index contributed by atoms with van der Waals surface area (Å²) in [5, 5.41) is 2.03. The quantitative estimate of drug-likeness (QED) is 0.482. The maximum atomic E-state index is 11.3. The number of thiophene rings is 1. The SMILES string of the molecule is NNC(=O)Cc1ccccc1COCc1cccs1. The fourth-order valence-corrected chi connectivity index (χ4v) is 2.39. The Bertz CT molecular complexity index is 526. The minimum absolute atomic E-state index is 0.203. The summed E-state index contributed by atoms with van der Waals surface area (Å²) in [5.41, 5.74) is 4.10. The van der Waals surface area contributed by atoms with Crippen LogP contribution in [0.1, 0.15) is 16.0 Å². The highest BCUT2D eigenvalue weighted by Gasteiger charge is 2.06. The maximum absolute atomic E-state index is 11.3. The Morgan fingerprint density at radius 1 is 1.16 bits per heavy atom. The van der Waals surface area contributed by atoms with Crippen LogP contribution in [0.5, 0.6) is 0 Å². The Morgan fingerprint density at radius 3 is 2.63 bits per heavy atom. The third-order valence-electron chi connectivity index (χ3n) is 2.71. The fraction of sp³-hybridized carbons (Fsp3) is 0.214. The minimum atomic E-state index is -0.203. The molecular formula is C14H16N2O2S. The van der Waals surface area contributed by atoms with Crippen molar-refractivity contribution in [2.24, 2.45) is 5.84 Å². The van der Waals surface area contributed by atoms with Crippen molar-refractivity contribution < 1.29 is 9.53 Å². The van der Waals surface area contributed by atoms with E-state index in [1.807, 2.05) is 41.8 Å². The average Bonchev–Trinajstić information content (AvgIpc) is 2.94. The third-order valence-corrected chi connectivity index (χ3v) is 3.56. The highest BCUT2D eigenvalue weighted by atomic mass is 32.1. The number of hydrogen-bond acceptors (Lipinski definition) is 4. The summed E-state index contributed by atoms with van der Waals surface area (Å²) in [6.07, 6.45) is 0.273. The van der Waals surface area contributed by atoms with Crippen LogP contribution in [0.2, 0.25) is 0 Å². The molecule has 1 heterocycles. The number of rotatable bonds is 6. The Kier molecular flexibility index (Phi) is 5.09. The van der Waals surface area contributed by atoms with Gasteiger partial charge in [-0.1, -0.05) is 30.3 Å². The van der Waals surface area contributed by atoms with E-state index in [9.17, 15) is 4.79 Å². The Balaban J connectivity index is 1.93. The molecule has 0 saturated heterocycles. The van der Waals surface area contributed by atoms with Crippen molar-refractivity contribution in [2.45, 2.75) is 19.6 Å². The number of carbonyl (C=O) groups is 1. The molecule has 5 heteroatoms. The first-order chi connectivity index (χ1) is 9.29. The number of amides is 1. The summed E-state index contributed by atoms with van der Waals surface area (Å²) >= 11 is 1.67. The lowest BCUT2D eigenvalue weighted by atomic mass is 10.1. The highest BCUT2D eigenvalue weighted by Crippen LogP contribution is 2.14. The van der Waals surface area contributed by atoms with Gasteiger partial charge < -0.3 is 4.74 Å². The molecule has 19 heavy (non-hydrogen) atoms. The molecule has 2 rings (SSSR count). The number of nitrogens with two attached hydrogens (primary N) is 1. The normalized spacial score (nSPS) is 10.4. The van der Waals surface area contributed by atoms with Gasteiger partial charge in [-0.05, 0) is 22.6 Å². The molecule has 0 aliphatic rings. The van der Waals surface area contributed by atoms with E-state index in [0.29, 0.717) is 13.2 Å². The lowest BCUT2D eigenvalue weighted by Gasteiger charge is -2.09. The van der Waals surface area contributed by atoms with Gasteiger partial charge in [-0.25, -0.2) is 5.84 Å². The first-order valence-corrected chi connectivity index (χ1v) is 6.84. The van der Waals surface area contributed by atoms with Crippen molar-refractivity contribution >= 4 is 17.2 Å². The van der Waals surface area contributed by atoms with Crippen molar-refractivity contribution in [2.75, 3.05) is 0 Å². The van der Waals surface area contributed by atoms with Gasteiger partial charge in [0.25, 0.3) is 0 Å². The van der Waals surface area contributed by atoms with E-state index in [-0.39, 0.29) is 12.3 Å². The first kappa shape index (κ1) is 13.7. The molecule has 1 aromatic carbocycles. The Labute approximate surface area is 116 Å². The van der Waals surface area contributed by atoms with Crippen LogP contribution in [0.25, 0.3) is 0 Å². The van der Waals surface area contributed by atoms with E-state index >= 15 is 0 Å². The number of hydrazine groups is 1. The minimum Gasteiger partial charge on any atom is -0.371 e. The topological polar surface area (TPSA) is 64.3 Å². The molecule has 0 aliphatic carbocycles. The molecule has 1 aromatic heterocycles. The zero-order chi connectivity index (χ0) is 13.5. The molecule has 0 fully saturated rings. The van der Waals surface area contributed by atoms with Crippen molar-refractivity contribution in [3.63, 3.8) is 0 Å². The lowest BCUT2D eigenvalue weighted by Crippen LogP contribution is -2.31. The summed E-state index contributed by atoms with van der Waals surface area (Å²) < 4.78 is 5.67. The number of ether oxygens (including phenoxy) is 1. The van der Waals surface area contributed by atoms with Crippen LogP contribution in [0.4, 0.5) is 0 Å². The summed E-state index contributed by atoms with van der Waals surface area (Å²) in [7, 11) is 0. The molecule has 0 spiro atoms. The van der Waals surface area contributed by atoms with Crippen LogP contribution in [-0.2, 0) is 29.2 Å². The van der Waals surface area contributed by atoms with E-state index in [2.05, 4.69) is 5.43 Å². The molecule has 0 unspecified atom stereocenters. The van der Waals surface area contributed by atoms with Gasteiger partial charge in [0.2, 0.25) is 5.91 Å². The van der Waals surface area contributed by atoms with Gasteiger partial charge in [0.1, 0.15) is 0 Å². The van der Waals surface area contributed by atoms with Gasteiger partial charge in [-0.15, -0.1) is 11.3 Å². The molecule has 1 amide bonds. The zero-order valence-electron chi connectivity index (χ0n) is 10.5. The summed E-state index contributed by atoms with van der Waals surface area (Å²) in [6, 6.07) is 11.8. The largest absolute Gasteiger partial charge is 0.371 e. The third kappa shape index (κ3) is 4.17. The van der Waals surface area contributed by atoms with Gasteiger partial charge in [0.15, 0.2) is 0 Å². The maximum Gasteiger partial charge on any atom is 0.238 e. The van der Waals surface area contributed by atoms with Crippen LogP contribution < -0.4 is 11.3 Å². The van der Waals surface area contributed by atoms with Crippen LogP contribution >= 0.6 is 11.3 Å². The van der Waals surface area contributed by atoms with E-state index < -0.39 is 0 Å². The van der Waals surface area contributed by atoms with Crippen molar-refractivity contribution in [3.8, 4) is 0 Å². The van der Waals surface area contributed by atoms with Crippen molar-refractivity contribution in [1.82, 2.24) is 5.43 Å². The summed E-state index contributed by atoms with van der Waals surface area (Å²) in [6.45, 7) is 1.08. The number of nitrogens with one attached hydrogen (secondary N) is 1. The summed E-state index contributed by atoms with van der Waals surface area (Å²) in [5.74, 6) is 4.90. The molecule has 3 N–H and O–H groups in total. The van der Waals surface area contributed by atoms with Crippen molar-refractivity contribution in [1.29, 1.82) is 0 Å². The van der Waals surface area contributed by atoms with Crippen LogP contribution in [0, 0.1) is 0 Å². The Hall–Kier alpha value is -1.69. The lowest BCUT2D eigenvalue weighted by molar-refractivity contribution is -0.120. The average molecular weight is 276 g/mol. The van der Waals surface area contributed by atoms with Crippen LogP contribution in [0.3, 0.4) is 0 Å². The van der Waals surface area contributed by atoms with E-state index in [1.165, 1.54) is 4.88 Å². The molecule has 0 radical (unpaired) electrons. The highest BCUT2D eigenvalue weighted by molar-refractivity contribution is 7.09. The predicted molar refractivity (Wildman–Crippen MR) is 75.3 cm³/mol. The molecule has 0 bridgehead atoms. The second-order valence-corrected chi connectivity index (χ2v) is 5.12. The number of benzene rings is 1. The molecule has 100 valence electrons. The van der Waals surface area contributed by atoms with Crippen LogP contribution in [0.15, 0.2) is 41.8 Å². The molecule has 4 nitrogen and oxygen atoms in total. The molecule has 2 aromatic rings. The second kappa shape index (κ2) is 7.04. The standard InChI is InChI=1S/C14H16N2O2S/c15-16-14(17)8-11-4-1-2-5-12(11)9-18-10-13-6-3-7-19-13/h1-7H,8-10,15H2,(H,16,17). The smallest absolute Gasteiger partial charge is 0.238 e. The van der Waals surface area contributed by atoms with E-state index in [4.69, 9.17) is 10.6 Å². The van der Waals surface area contributed by atoms with E-state index in [1.54, 1.807) is 11.3 Å². The monoisotopic (exact) mass is 276 g/mol. The first-order valence-electron chi connectivity index (χ1n) is 5.96. The molecule has 0 atom stereocenters. The van der Waals surface area contributed by atoms with E-state index in [0.717, 1.165) is 11.1 Å². The van der Waals surface area contributed by atoms with Gasteiger partial charge in [-0.3, -0.25) is 10.2 Å². The van der Waals surface area contributed by atoms with Gasteiger partial charge in [0.05, 0.1) is 19.6 Å². The Morgan fingerprint density at radius 2 is 1.95 bits per heavy atom.